The molecule has 3 rings (SSSR count). The topological polar surface area (TPSA) is 142 Å². The summed E-state index contributed by atoms with van der Waals surface area (Å²) < 4.78 is 27.0. The molecule has 0 radical (unpaired) electrons. The van der Waals surface area contributed by atoms with Crippen LogP contribution in [0.5, 0.6) is 23.0 Å². The Bertz CT molecular complexity index is 1540. The molecule has 3 aromatic rings. The van der Waals surface area contributed by atoms with Crippen LogP contribution in [0.1, 0.15) is 45.1 Å². The lowest BCUT2D eigenvalue weighted by atomic mass is 10.0. The van der Waals surface area contributed by atoms with Crippen molar-refractivity contribution in [1.29, 1.82) is 0 Å². The Hall–Kier alpha value is -4.75. The lowest BCUT2D eigenvalue weighted by Gasteiger charge is -2.14. The van der Waals surface area contributed by atoms with Crippen molar-refractivity contribution in [1.82, 2.24) is 0 Å². The predicted molar refractivity (Wildman–Crippen MR) is 156 cm³/mol. The van der Waals surface area contributed by atoms with Crippen LogP contribution in [-0.2, 0) is 25.5 Å². The van der Waals surface area contributed by atoms with Crippen molar-refractivity contribution in [2.45, 2.75) is 46.0 Å². The van der Waals surface area contributed by atoms with E-state index >= 15 is 0 Å². The van der Waals surface area contributed by atoms with Crippen LogP contribution in [0.4, 0.5) is 0 Å². The first kappa shape index (κ1) is 31.8. The maximum Gasteiger partial charge on any atom is 0.312 e. The van der Waals surface area contributed by atoms with Crippen LogP contribution >= 0.6 is 0 Å². The zero-order chi connectivity index (χ0) is 30.6. The lowest BCUT2D eigenvalue weighted by molar-refractivity contribution is -0.147. The molecule has 0 aliphatic carbocycles. The second-order valence-electron chi connectivity index (χ2n) is 9.56. The van der Waals surface area contributed by atoms with Crippen molar-refractivity contribution in [3.63, 3.8) is 0 Å². The molecular formula is C32H34O10. The third-order valence-electron chi connectivity index (χ3n) is 6.13. The van der Waals surface area contributed by atoms with Gasteiger partial charge < -0.3 is 33.6 Å². The Morgan fingerprint density at radius 2 is 1.71 bits per heavy atom. The van der Waals surface area contributed by atoms with Gasteiger partial charge in [-0.05, 0) is 57.4 Å². The van der Waals surface area contributed by atoms with Crippen molar-refractivity contribution in [2.75, 3.05) is 26.9 Å². The second-order valence-corrected chi connectivity index (χ2v) is 9.56. The number of benzene rings is 2. The van der Waals surface area contributed by atoms with Crippen LogP contribution in [0.15, 0.2) is 51.2 Å². The number of rotatable bonds is 14. The molecule has 0 atom stereocenters. The monoisotopic (exact) mass is 578 g/mol. The highest BCUT2D eigenvalue weighted by Crippen LogP contribution is 2.39. The van der Waals surface area contributed by atoms with E-state index in [-0.39, 0.29) is 60.5 Å². The van der Waals surface area contributed by atoms with E-state index in [1.807, 2.05) is 19.9 Å². The van der Waals surface area contributed by atoms with Gasteiger partial charge in [0.05, 0.1) is 26.6 Å². The number of carbonyl (C=O) groups is 2. The largest absolute Gasteiger partial charge is 0.507 e. The molecule has 0 saturated carbocycles. The summed E-state index contributed by atoms with van der Waals surface area (Å²) in [5.41, 5.74) is 0.750. The van der Waals surface area contributed by atoms with Gasteiger partial charge in [0.2, 0.25) is 11.2 Å². The first-order valence-corrected chi connectivity index (χ1v) is 13.4. The molecule has 0 spiro atoms. The number of ether oxygens (including phenoxy) is 4. The highest BCUT2D eigenvalue weighted by molar-refractivity contribution is 5.92. The fourth-order valence-electron chi connectivity index (χ4n) is 3.96. The van der Waals surface area contributed by atoms with E-state index in [1.54, 1.807) is 24.3 Å². The van der Waals surface area contributed by atoms with Gasteiger partial charge in [0.15, 0.2) is 5.76 Å². The van der Waals surface area contributed by atoms with E-state index in [0.29, 0.717) is 30.8 Å². The van der Waals surface area contributed by atoms with Crippen LogP contribution < -0.4 is 14.9 Å². The minimum Gasteiger partial charge on any atom is -0.507 e. The van der Waals surface area contributed by atoms with Crippen molar-refractivity contribution < 1.29 is 43.2 Å². The maximum absolute atomic E-state index is 13.7. The molecule has 0 aliphatic rings. The van der Waals surface area contributed by atoms with E-state index in [2.05, 4.69) is 5.92 Å². The number of unbranched alkanes of at least 4 members (excludes halogenated alkanes) is 1. The normalized spacial score (nSPS) is 10.6. The average molecular weight is 579 g/mol. The molecule has 0 unspecified atom stereocenters. The fourth-order valence-corrected chi connectivity index (χ4v) is 3.96. The molecule has 1 aromatic heterocycles. The van der Waals surface area contributed by atoms with Crippen LogP contribution in [0, 0.1) is 12.3 Å². The molecule has 0 bridgehead atoms. The van der Waals surface area contributed by atoms with Gasteiger partial charge in [-0.1, -0.05) is 17.6 Å². The number of esters is 2. The highest BCUT2D eigenvalue weighted by Gasteiger charge is 2.25. The first-order chi connectivity index (χ1) is 20.2. The molecule has 1 heterocycles. The summed E-state index contributed by atoms with van der Waals surface area (Å²) in [5, 5.41) is 20.9. The Balaban J connectivity index is 1.89. The molecule has 42 heavy (non-hydrogen) atoms. The van der Waals surface area contributed by atoms with Crippen LogP contribution in [0.3, 0.4) is 0 Å². The van der Waals surface area contributed by atoms with E-state index in [1.165, 1.54) is 7.11 Å². The minimum absolute atomic E-state index is 0.0473. The summed E-state index contributed by atoms with van der Waals surface area (Å²) in [6.45, 7) is 4.58. The van der Waals surface area contributed by atoms with Crippen molar-refractivity contribution in [3.8, 4) is 46.7 Å². The van der Waals surface area contributed by atoms with E-state index in [0.717, 1.165) is 11.6 Å². The molecule has 10 nitrogen and oxygen atoms in total. The summed E-state index contributed by atoms with van der Waals surface area (Å²) in [5.74, 6) is 0.0638. The molecule has 0 aliphatic heterocycles. The smallest absolute Gasteiger partial charge is 0.312 e. The summed E-state index contributed by atoms with van der Waals surface area (Å²) in [7, 11) is 1.50. The Morgan fingerprint density at radius 3 is 2.38 bits per heavy atom. The third kappa shape index (κ3) is 8.38. The van der Waals surface area contributed by atoms with Gasteiger partial charge >= 0.3 is 11.9 Å². The molecule has 0 saturated heterocycles. The minimum atomic E-state index is -0.876. The van der Waals surface area contributed by atoms with Gasteiger partial charge in [0.25, 0.3) is 0 Å². The number of methoxy groups -OCH3 is 1. The molecular weight excluding hydrogens is 544 g/mol. The van der Waals surface area contributed by atoms with E-state index in [9.17, 15) is 24.6 Å². The predicted octanol–water partition coefficient (Wildman–Crippen LogP) is 5.05. The Kier molecular flexibility index (Phi) is 11.6. The van der Waals surface area contributed by atoms with Crippen molar-refractivity contribution in [2.24, 2.45) is 0 Å². The zero-order valence-corrected chi connectivity index (χ0v) is 23.9. The third-order valence-corrected chi connectivity index (χ3v) is 6.13. The molecule has 10 heteroatoms. The van der Waals surface area contributed by atoms with Gasteiger partial charge in [-0.2, -0.15) is 0 Å². The molecule has 0 amide bonds. The SMILES string of the molecule is C#CCOCCCCOC(=O)CCC(=O)Oc1c(-c2ccc(OC)cc2)oc2c(CC=C(C)C)c(O)cc(O)c2c1=O. The molecule has 2 aromatic carbocycles. The number of phenols is 2. The van der Waals surface area contributed by atoms with Gasteiger partial charge in [0.1, 0.15) is 34.8 Å². The summed E-state index contributed by atoms with van der Waals surface area (Å²) in [4.78, 5) is 38.6. The maximum atomic E-state index is 13.7. The quantitative estimate of drug-likeness (QED) is 0.116. The van der Waals surface area contributed by atoms with Crippen LogP contribution in [-0.4, -0.2) is 49.1 Å². The number of allylic oxidation sites excluding steroid dienone is 2. The molecule has 0 fully saturated rings. The van der Waals surface area contributed by atoms with Crippen molar-refractivity contribution in [3.05, 3.63) is 57.8 Å². The first-order valence-electron chi connectivity index (χ1n) is 13.4. The van der Waals surface area contributed by atoms with Crippen LogP contribution in [0.25, 0.3) is 22.3 Å². The average Bonchev–Trinajstić information content (AvgIpc) is 2.96. The number of terminal acetylenes is 1. The molecule has 222 valence electrons. The zero-order valence-electron chi connectivity index (χ0n) is 23.9. The van der Waals surface area contributed by atoms with E-state index < -0.39 is 28.9 Å². The lowest BCUT2D eigenvalue weighted by Crippen LogP contribution is -2.18. The van der Waals surface area contributed by atoms with E-state index in [4.69, 9.17) is 29.8 Å². The number of aromatic hydroxyl groups is 2. The number of hydrogen-bond donors (Lipinski definition) is 2. The standard InChI is InChI=1S/C32H34O10/c1-5-16-39-17-6-7-18-40-26(35)14-15-27(36)41-32-29(37)28-25(34)19-24(33)23(13-8-20(2)3)31(28)42-30(32)21-9-11-22(38-4)12-10-21/h1,8-12,19,33-34H,6-7,13-18H2,2-4H3. The number of fused-ring (bicyclic) bond motifs is 1. The van der Waals surface area contributed by atoms with Crippen molar-refractivity contribution >= 4 is 22.9 Å². The fraction of sp³-hybridized carbons (Fsp3) is 0.344. The summed E-state index contributed by atoms with van der Waals surface area (Å²) >= 11 is 0. The summed E-state index contributed by atoms with van der Waals surface area (Å²) in [6, 6.07) is 7.52. The van der Waals surface area contributed by atoms with Crippen LogP contribution in [0.2, 0.25) is 0 Å². The van der Waals surface area contributed by atoms with Gasteiger partial charge in [-0.25, -0.2) is 0 Å². The number of phenolic OH excluding ortho intramolecular Hbond substituents is 2. The van der Waals surface area contributed by atoms with Gasteiger partial charge in [-0.15, -0.1) is 6.42 Å². The number of carbonyl (C=O) groups excluding carboxylic acids is 2. The van der Waals surface area contributed by atoms with Gasteiger partial charge in [0, 0.05) is 23.8 Å². The molecule has 2 N–H and O–H groups in total. The second kappa shape index (κ2) is 15.3. The van der Waals surface area contributed by atoms with Gasteiger partial charge in [-0.3, -0.25) is 14.4 Å². The highest BCUT2D eigenvalue weighted by atomic mass is 16.5. The Labute approximate surface area is 243 Å². The Morgan fingerprint density at radius 1 is 1.02 bits per heavy atom. The number of hydrogen-bond acceptors (Lipinski definition) is 10. The summed E-state index contributed by atoms with van der Waals surface area (Å²) in [6.07, 6.45) is 7.74.